The largest absolute Gasteiger partial charge is 0.368 e. The predicted octanol–water partition coefficient (Wildman–Crippen LogP) is 4.54. The summed E-state index contributed by atoms with van der Waals surface area (Å²) in [6, 6.07) is 7.62. The summed E-state index contributed by atoms with van der Waals surface area (Å²) in [7, 11) is 0. The molecule has 0 radical (unpaired) electrons. The Morgan fingerprint density at radius 2 is 2.03 bits per heavy atom. The highest BCUT2D eigenvalue weighted by Gasteiger charge is 2.24. The first-order valence-electron chi connectivity index (χ1n) is 10.5. The first kappa shape index (κ1) is 20.1. The van der Waals surface area contributed by atoms with Crippen LogP contribution in [0.15, 0.2) is 29.6 Å². The molecule has 0 saturated heterocycles. The molecule has 2 aliphatic rings. The monoisotopic (exact) mass is 412 g/mol. The van der Waals surface area contributed by atoms with E-state index < -0.39 is 0 Å². The van der Waals surface area contributed by atoms with E-state index in [1.807, 2.05) is 30.0 Å². The molecule has 4 rings (SSSR count). The number of benzene rings is 1. The summed E-state index contributed by atoms with van der Waals surface area (Å²) in [5.74, 6) is -0.141. The van der Waals surface area contributed by atoms with Crippen molar-refractivity contribution in [3.63, 3.8) is 0 Å². The fourth-order valence-corrected chi connectivity index (χ4v) is 5.10. The minimum atomic E-state index is -0.163. The molecule has 154 valence electrons. The van der Waals surface area contributed by atoms with Crippen molar-refractivity contribution >= 4 is 28.8 Å². The minimum Gasteiger partial charge on any atom is -0.368 e. The molecule has 0 atom stereocenters. The molecule has 2 amide bonds. The molecule has 1 fully saturated rings. The highest BCUT2D eigenvalue weighted by Crippen LogP contribution is 2.27. The zero-order valence-corrected chi connectivity index (χ0v) is 17.7. The Bertz CT molecular complexity index is 886. The third kappa shape index (κ3) is 4.70. The van der Waals surface area contributed by atoms with Gasteiger partial charge in [-0.3, -0.25) is 9.59 Å². The molecule has 2 heterocycles. The smallest absolute Gasteiger partial charge is 0.254 e. The zero-order chi connectivity index (χ0) is 20.2. The molecule has 1 aromatic heterocycles. The summed E-state index contributed by atoms with van der Waals surface area (Å²) in [6.07, 6.45) is 6.81. The van der Waals surface area contributed by atoms with Gasteiger partial charge in [0.05, 0.1) is 6.10 Å². The van der Waals surface area contributed by atoms with E-state index >= 15 is 0 Å². The van der Waals surface area contributed by atoms with Crippen LogP contribution in [0.2, 0.25) is 0 Å². The van der Waals surface area contributed by atoms with Crippen LogP contribution < -0.4 is 5.32 Å². The lowest BCUT2D eigenvalue weighted by Gasteiger charge is -2.28. The van der Waals surface area contributed by atoms with Gasteiger partial charge in [-0.25, -0.2) is 0 Å². The van der Waals surface area contributed by atoms with Gasteiger partial charge < -0.3 is 15.0 Å². The van der Waals surface area contributed by atoms with Gasteiger partial charge in [0.25, 0.3) is 5.91 Å². The van der Waals surface area contributed by atoms with Crippen LogP contribution in [0.5, 0.6) is 0 Å². The van der Waals surface area contributed by atoms with E-state index in [2.05, 4.69) is 16.8 Å². The van der Waals surface area contributed by atoms with Crippen molar-refractivity contribution < 1.29 is 14.3 Å². The van der Waals surface area contributed by atoms with Gasteiger partial charge in [0.15, 0.2) is 0 Å². The highest BCUT2D eigenvalue weighted by atomic mass is 32.1. The van der Waals surface area contributed by atoms with Crippen molar-refractivity contribution in [2.24, 2.45) is 0 Å². The number of nitrogens with one attached hydrogen (secondary N) is 1. The molecule has 0 bridgehead atoms. The Morgan fingerprint density at radius 1 is 1.21 bits per heavy atom. The molecule has 1 saturated carbocycles. The van der Waals surface area contributed by atoms with E-state index in [1.54, 1.807) is 11.3 Å². The van der Waals surface area contributed by atoms with Crippen molar-refractivity contribution in [2.45, 2.75) is 58.1 Å². The van der Waals surface area contributed by atoms with Crippen molar-refractivity contribution in [1.29, 1.82) is 0 Å². The Morgan fingerprint density at radius 3 is 2.86 bits per heavy atom. The third-order valence-corrected chi connectivity index (χ3v) is 6.96. The lowest BCUT2D eigenvalue weighted by Crippen LogP contribution is -2.35. The second-order valence-electron chi connectivity index (χ2n) is 7.94. The number of fused-ring (bicyclic) bond motifs is 1. The normalized spacial score (nSPS) is 17.1. The van der Waals surface area contributed by atoms with Crippen LogP contribution in [0, 0.1) is 6.92 Å². The number of carbonyl (C=O) groups is 2. The molecule has 1 aliphatic carbocycles. The van der Waals surface area contributed by atoms with Crippen LogP contribution in [0.4, 0.5) is 5.69 Å². The fourth-order valence-electron chi connectivity index (χ4n) is 4.21. The maximum absolute atomic E-state index is 13.1. The van der Waals surface area contributed by atoms with Gasteiger partial charge in [-0.1, -0.05) is 25.3 Å². The van der Waals surface area contributed by atoms with Crippen molar-refractivity contribution in [3.8, 4) is 0 Å². The summed E-state index contributed by atoms with van der Waals surface area (Å²) in [4.78, 5) is 28.8. The summed E-state index contributed by atoms with van der Waals surface area (Å²) < 4.78 is 5.77. The van der Waals surface area contributed by atoms with Crippen molar-refractivity contribution in [3.05, 3.63) is 51.2 Å². The van der Waals surface area contributed by atoms with E-state index in [0.717, 1.165) is 31.4 Å². The van der Waals surface area contributed by atoms with Gasteiger partial charge in [0, 0.05) is 29.2 Å². The van der Waals surface area contributed by atoms with E-state index in [0.29, 0.717) is 17.8 Å². The molecule has 1 N–H and O–H groups in total. The fraction of sp³-hybridized carbons (Fsp3) is 0.478. The van der Waals surface area contributed by atoms with Gasteiger partial charge in [0.2, 0.25) is 5.91 Å². The van der Waals surface area contributed by atoms with Crippen LogP contribution in [0.25, 0.3) is 0 Å². The predicted molar refractivity (Wildman–Crippen MR) is 115 cm³/mol. The van der Waals surface area contributed by atoms with Crippen LogP contribution in [0.3, 0.4) is 0 Å². The second kappa shape index (κ2) is 9.09. The Labute approximate surface area is 176 Å². The summed E-state index contributed by atoms with van der Waals surface area (Å²) in [5.41, 5.74) is 3.38. The lowest BCUT2D eigenvalue weighted by molar-refractivity contribution is -0.123. The topological polar surface area (TPSA) is 58.6 Å². The van der Waals surface area contributed by atoms with Crippen LogP contribution in [0.1, 0.15) is 58.5 Å². The number of ether oxygens (including phenoxy) is 1. The Kier molecular flexibility index (Phi) is 6.31. The van der Waals surface area contributed by atoms with Gasteiger partial charge in [-0.15, -0.1) is 11.3 Å². The van der Waals surface area contributed by atoms with E-state index in [4.69, 9.17) is 4.74 Å². The highest BCUT2D eigenvalue weighted by molar-refractivity contribution is 7.10. The number of thiophene rings is 1. The molecule has 1 aliphatic heterocycles. The Balaban J connectivity index is 1.39. The molecule has 1 aromatic carbocycles. The van der Waals surface area contributed by atoms with Gasteiger partial charge in [-0.05, 0) is 60.9 Å². The van der Waals surface area contributed by atoms with E-state index in [1.165, 1.54) is 29.7 Å². The molecule has 2 aromatic rings. The first-order chi connectivity index (χ1) is 14.1. The molecule has 5 nitrogen and oxygen atoms in total. The molecular formula is C23H28N2O3S. The average Bonchev–Trinajstić information content (AvgIpc) is 3.22. The second-order valence-corrected chi connectivity index (χ2v) is 8.94. The van der Waals surface area contributed by atoms with Gasteiger partial charge in [-0.2, -0.15) is 0 Å². The van der Waals surface area contributed by atoms with E-state index in [9.17, 15) is 9.59 Å². The maximum atomic E-state index is 13.1. The summed E-state index contributed by atoms with van der Waals surface area (Å²) in [5, 5.41) is 5.02. The lowest BCUT2D eigenvalue weighted by atomic mass is 9.98. The Hall–Kier alpha value is -2.18. The zero-order valence-electron chi connectivity index (χ0n) is 16.9. The van der Waals surface area contributed by atoms with Gasteiger partial charge in [0.1, 0.15) is 6.61 Å². The third-order valence-electron chi connectivity index (χ3n) is 5.94. The quantitative estimate of drug-likeness (QED) is 0.784. The number of rotatable bonds is 5. The number of hydrogen-bond donors (Lipinski definition) is 1. The molecule has 29 heavy (non-hydrogen) atoms. The molecule has 6 heteroatoms. The van der Waals surface area contributed by atoms with E-state index in [-0.39, 0.29) is 24.5 Å². The van der Waals surface area contributed by atoms with Gasteiger partial charge >= 0.3 is 0 Å². The number of nitrogens with zero attached hydrogens (tertiary/aromatic N) is 1. The van der Waals surface area contributed by atoms with Crippen LogP contribution in [-0.2, 0) is 22.5 Å². The molecular weight excluding hydrogens is 384 g/mol. The molecule has 0 spiro atoms. The number of hydrogen-bond acceptors (Lipinski definition) is 4. The number of anilines is 1. The SMILES string of the molecule is Cc1c(NC(=O)COC2CCCCC2)cccc1C(=O)N1CCc2sccc2C1. The summed E-state index contributed by atoms with van der Waals surface area (Å²) in [6.45, 7) is 3.35. The average molecular weight is 413 g/mol. The standard InChI is InChI=1S/C23H28N2O3S/c1-16-19(23(27)25-12-10-21-17(14-25)11-13-29-21)8-5-9-20(16)24-22(26)15-28-18-6-3-2-4-7-18/h5,8-9,11,13,18H,2-4,6-7,10,12,14-15H2,1H3,(H,24,26). The van der Waals surface area contributed by atoms with Crippen molar-refractivity contribution in [1.82, 2.24) is 4.90 Å². The number of amides is 2. The number of carbonyl (C=O) groups excluding carboxylic acids is 2. The van der Waals surface area contributed by atoms with Crippen LogP contribution in [-0.4, -0.2) is 36.0 Å². The molecule has 0 unspecified atom stereocenters. The first-order valence-corrected chi connectivity index (χ1v) is 11.4. The minimum absolute atomic E-state index is 0.0221. The van der Waals surface area contributed by atoms with Crippen molar-refractivity contribution in [2.75, 3.05) is 18.5 Å². The summed E-state index contributed by atoms with van der Waals surface area (Å²) >= 11 is 1.76. The van der Waals surface area contributed by atoms with Crippen LogP contribution >= 0.6 is 11.3 Å². The maximum Gasteiger partial charge on any atom is 0.254 e.